The first kappa shape index (κ1) is 13.5. The lowest BCUT2D eigenvalue weighted by molar-refractivity contribution is 0.276. The van der Waals surface area contributed by atoms with Crippen LogP contribution in [0.15, 0.2) is 36.7 Å². The van der Waals surface area contributed by atoms with Crippen molar-refractivity contribution < 1.29 is 9.50 Å². The zero-order valence-electron chi connectivity index (χ0n) is 11.0. The Bertz CT molecular complexity index is 539. The van der Waals surface area contributed by atoms with Gasteiger partial charge in [-0.1, -0.05) is 6.07 Å². The molecule has 1 aromatic carbocycles. The molecular weight excluding hydrogens is 245 g/mol. The van der Waals surface area contributed by atoms with Gasteiger partial charge in [0.05, 0.1) is 18.8 Å². The fourth-order valence-corrected chi connectivity index (χ4v) is 1.83. The molecule has 0 bridgehead atoms. The Morgan fingerprint density at radius 3 is 2.79 bits per heavy atom. The Balaban J connectivity index is 2.15. The average Bonchev–Trinajstić information content (AvgIpc) is 2.85. The van der Waals surface area contributed by atoms with E-state index in [-0.39, 0.29) is 24.5 Å². The first-order chi connectivity index (χ1) is 9.10. The van der Waals surface area contributed by atoms with E-state index in [0.29, 0.717) is 5.69 Å². The first-order valence-electron chi connectivity index (χ1n) is 6.27. The van der Waals surface area contributed by atoms with E-state index < -0.39 is 0 Å². The molecule has 5 heteroatoms. The molecule has 0 saturated carbocycles. The van der Waals surface area contributed by atoms with Crippen LogP contribution in [0.4, 0.5) is 10.1 Å². The number of nitrogens with zero attached hydrogens (tertiary/aromatic N) is 2. The Hall–Kier alpha value is -1.88. The SMILES string of the molecule is CC(C)n1cc(C(CO)Nc2cccc(F)c2)cn1. The van der Waals surface area contributed by atoms with E-state index >= 15 is 0 Å². The van der Waals surface area contributed by atoms with E-state index in [1.54, 1.807) is 18.3 Å². The molecule has 19 heavy (non-hydrogen) atoms. The molecule has 1 unspecified atom stereocenters. The van der Waals surface area contributed by atoms with Crippen LogP contribution in [0.25, 0.3) is 0 Å². The Morgan fingerprint density at radius 1 is 1.42 bits per heavy atom. The van der Waals surface area contributed by atoms with Crippen molar-refractivity contribution in [3.63, 3.8) is 0 Å². The average molecular weight is 263 g/mol. The smallest absolute Gasteiger partial charge is 0.125 e. The van der Waals surface area contributed by atoms with Gasteiger partial charge in [-0.15, -0.1) is 0 Å². The van der Waals surface area contributed by atoms with Gasteiger partial charge < -0.3 is 10.4 Å². The fraction of sp³-hybridized carbons (Fsp3) is 0.357. The molecular formula is C14H18FN3O. The minimum Gasteiger partial charge on any atom is -0.394 e. The number of anilines is 1. The number of rotatable bonds is 5. The van der Waals surface area contributed by atoms with Crippen molar-refractivity contribution in [1.29, 1.82) is 0 Å². The molecule has 0 aliphatic rings. The lowest BCUT2D eigenvalue weighted by Crippen LogP contribution is -2.14. The predicted octanol–water partition coefficient (Wildman–Crippen LogP) is 2.75. The van der Waals surface area contributed by atoms with Crippen LogP contribution >= 0.6 is 0 Å². The van der Waals surface area contributed by atoms with Gasteiger partial charge in [0.15, 0.2) is 0 Å². The maximum atomic E-state index is 13.1. The fourth-order valence-electron chi connectivity index (χ4n) is 1.83. The van der Waals surface area contributed by atoms with Crippen LogP contribution in [-0.4, -0.2) is 21.5 Å². The number of nitrogens with one attached hydrogen (secondary N) is 1. The van der Waals surface area contributed by atoms with Crippen molar-refractivity contribution in [2.75, 3.05) is 11.9 Å². The quantitative estimate of drug-likeness (QED) is 0.872. The minimum absolute atomic E-state index is 0.0830. The summed E-state index contributed by atoms with van der Waals surface area (Å²) in [5, 5.41) is 16.8. The lowest BCUT2D eigenvalue weighted by Gasteiger charge is -2.16. The normalized spacial score (nSPS) is 12.7. The van der Waals surface area contributed by atoms with Gasteiger partial charge in [-0.25, -0.2) is 4.39 Å². The predicted molar refractivity (Wildman–Crippen MR) is 72.5 cm³/mol. The van der Waals surface area contributed by atoms with Gasteiger partial charge >= 0.3 is 0 Å². The summed E-state index contributed by atoms with van der Waals surface area (Å²) in [7, 11) is 0. The highest BCUT2D eigenvalue weighted by molar-refractivity contribution is 5.45. The van der Waals surface area contributed by atoms with E-state index in [4.69, 9.17) is 0 Å². The highest BCUT2D eigenvalue weighted by atomic mass is 19.1. The van der Waals surface area contributed by atoms with Crippen LogP contribution in [0, 0.1) is 5.82 Å². The molecule has 1 aromatic heterocycles. The van der Waals surface area contributed by atoms with Gasteiger partial charge in [0.2, 0.25) is 0 Å². The molecule has 2 N–H and O–H groups in total. The number of benzene rings is 1. The van der Waals surface area contributed by atoms with Gasteiger partial charge in [-0.05, 0) is 32.0 Å². The van der Waals surface area contributed by atoms with Crippen LogP contribution in [0.5, 0.6) is 0 Å². The van der Waals surface area contributed by atoms with Gasteiger partial charge in [0.1, 0.15) is 5.82 Å². The standard InChI is InChI=1S/C14H18FN3O/c1-10(2)18-8-11(7-16-18)14(9-19)17-13-5-3-4-12(15)6-13/h3-8,10,14,17,19H,9H2,1-2H3. The van der Waals surface area contributed by atoms with Crippen LogP contribution in [0.1, 0.15) is 31.5 Å². The van der Waals surface area contributed by atoms with Crippen LogP contribution < -0.4 is 5.32 Å². The molecule has 0 fully saturated rings. The largest absolute Gasteiger partial charge is 0.394 e. The zero-order chi connectivity index (χ0) is 13.8. The van der Waals surface area contributed by atoms with E-state index in [2.05, 4.69) is 10.4 Å². The highest BCUT2D eigenvalue weighted by Gasteiger charge is 2.13. The summed E-state index contributed by atoms with van der Waals surface area (Å²) in [5.74, 6) is -0.306. The Kier molecular flexibility index (Phi) is 4.16. The number of aliphatic hydroxyl groups is 1. The summed E-state index contributed by atoms with van der Waals surface area (Å²) < 4.78 is 14.9. The maximum absolute atomic E-state index is 13.1. The zero-order valence-corrected chi connectivity index (χ0v) is 11.0. The molecule has 102 valence electrons. The number of hydrogen-bond donors (Lipinski definition) is 2. The maximum Gasteiger partial charge on any atom is 0.125 e. The van der Waals surface area contributed by atoms with E-state index in [1.165, 1.54) is 12.1 Å². The third-order valence-corrected chi connectivity index (χ3v) is 2.90. The van der Waals surface area contributed by atoms with E-state index in [1.807, 2.05) is 24.7 Å². The molecule has 2 aromatic rings. The molecule has 0 spiro atoms. The Labute approximate surface area is 111 Å². The first-order valence-corrected chi connectivity index (χ1v) is 6.27. The van der Waals surface area contributed by atoms with Crippen LogP contribution in [0.2, 0.25) is 0 Å². The topological polar surface area (TPSA) is 50.1 Å². The molecule has 4 nitrogen and oxygen atoms in total. The van der Waals surface area contributed by atoms with Crippen molar-refractivity contribution in [3.8, 4) is 0 Å². The van der Waals surface area contributed by atoms with E-state index in [9.17, 15) is 9.50 Å². The molecule has 0 amide bonds. The van der Waals surface area contributed by atoms with E-state index in [0.717, 1.165) is 5.56 Å². The number of aromatic nitrogens is 2. The number of hydrogen-bond acceptors (Lipinski definition) is 3. The third kappa shape index (κ3) is 3.32. The molecule has 0 saturated heterocycles. The van der Waals surface area contributed by atoms with Gasteiger partial charge in [0.25, 0.3) is 0 Å². The summed E-state index contributed by atoms with van der Waals surface area (Å²) in [6.45, 7) is 3.98. The van der Waals surface area contributed by atoms with Crippen molar-refractivity contribution in [2.45, 2.75) is 25.9 Å². The van der Waals surface area contributed by atoms with Crippen molar-refractivity contribution in [1.82, 2.24) is 9.78 Å². The monoisotopic (exact) mass is 263 g/mol. The second kappa shape index (κ2) is 5.84. The number of aliphatic hydroxyl groups excluding tert-OH is 1. The highest BCUT2D eigenvalue weighted by Crippen LogP contribution is 2.20. The molecule has 2 rings (SSSR count). The summed E-state index contributed by atoms with van der Waals surface area (Å²) in [6.07, 6.45) is 3.60. The molecule has 1 atom stereocenters. The molecule has 0 radical (unpaired) electrons. The summed E-state index contributed by atoms with van der Waals surface area (Å²) in [5.41, 5.74) is 1.51. The summed E-state index contributed by atoms with van der Waals surface area (Å²) in [6, 6.07) is 6.14. The van der Waals surface area contributed by atoms with Gasteiger partial charge in [-0.3, -0.25) is 4.68 Å². The summed E-state index contributed by atoms with van der Waals surface area (Å²) >= 11 is 0. The van der Waals surface area contributed by atoms with Crippen LogP contribution in [0.3, 0.4) is 0 Å². The van der Waals surface area contributed by atoms with Crippen LogP contribution in [-0.2, 0) is 0 Å². The van der Waals surface area contributed by atoms with Crippen molar-refractivity contribution in [3.05, 3.63) is 48.0 Å². The third-order valence-electron chi connectivity index (χ3n) is 2.90. The molecule has 0 aliphatic carbocycles. The number of halogens is 1. The van der Waals surface area contributed by atoms with Crippen molar-refractivity contribution >= 4 is 5.69 Å². The van der Waals surface area contributed by atoms with Crippen molar-refractivity contribution in [2.24, 2.45) is 0 Å². The van der Waals surface area contributed by atoms with Gasteiger partial charge in [-0.2, -0.15) is 5.10 Å². The lowest BCUT2D eigenvalue weighted by atomic mass is 10.1. The summed E-state index contributed by atoms with van der Waals surface area (Å²) in [4.78, 5) is 0. The molecule has 1 heterocycles. The minimum atomic E-state index is -0.306. The van der Waals surface area contributed by atoms with Gasteiger partial charge in [0, 0.05) is 23.5 Å². The second-order valence-corrected chi connectivity index (χ2v) is 4.74. The molecule has 0 aliphatic heterocycles. The Morgan fingerprint density at radius 2 is 2.21 bits per heavy atom. The second-order valence-electron chi connectivity index (χ2n) is 4.74.